The fourth-order valence-electron chi connectivity index (χ4n) is 4.32. The van der Waals surface area contributed by atoms with Crippen LogP contribution in [0.2, 0.25) is 0 Å². The predicted molar refractivity (Wildman–Crippen MR) is 84.9 cm³/mol. The molecule has 2 aliphatic rings. The molecule has 0 radical (unpaired) electrons. The summed E-state index contributed by atoms with van der Waals surface area (Å²) >= 11 is 0. The van der Waals surface area contributed by atoms with E-state index in [4.69, 9.17) is 0 Å². The van der Waals surface area contributed by atoms with Crippen molar-refractivity contribution in [2.45, 2.75) is 52.4 Å². The van der Waals surface area contributed by atoms with E-state index in [0.717, 1.165) is 12.5 Å². The highest BCUT2D eigenvalue weighted by Gasteiger charge is 2.36. The summed E-state index contributed by atoms with van der Waals surface area (Å²) in [6.07, 6.45) is 7.97. The molecule has 3 heteroatoms. The average molecular weight is 282 g/mol. The van der Waals surface area contributed by atoms with E-state index in [0.29, 0.717) is 17.9 Å². The monoisotopic (exact) mass is 282 g/mol. The lowest BCUT2D eigenvalue weighted by molar-refractivity contribution is 0.0529. The normalized spacial score (nSPS) is 33.5. The minimum Gasteiger partial charge on any atom is -0.396 e. The van der Waals surface area contributed by atoms with Gasteiger partial charge in [-0.2, -0.15) is 0 Å². The number of aliphatic hydroxyl groups is 1. The second kappa shape index (κ2) is 7.77. The van der Waals surface area contributed by atoms with Crippen LogP contribution in [-0.2, 0) is 0 Å². The van der Waals surface area contributed by atoms with E-state index < -0.39 is 0 Å². The molecule has 20 heavy (non-hydrogen) atoms. The maximum absolute atomic E-state index is 9.27. The van der Waals surface area contributed by atoms with E-state index in [1.54, 1.807) is 0 Å². The molecule has 0 aromatic carbocycles. The maximum Gasteiger partial charge on any atom is 0.0460 e. The van der Waals surface area contributed by atoms with Crippen molar-refractivity contribution in [2.75, 3.05) is 39.3 Å². The molecule has 0 amide bonds. The van der Waals surface area contributed by atoms with Gasteiger partial charge >= 0.3 is 0 Å². The number of aliphatic hydroxyl groups excluding tert-OH is 1. The Labute approximate surface area is 125 Å². The number of hydrogen-bond donors (Lipinski definition) is 2. The molecule has 2 unspecified atom stereocenters. The molecule has 2 rings (SSSR count). The fraction of sp³-hybridized carbons (Fsp3) is 1.00. The van der Waals surface area contributed by atoms with Crippen LogP contribution < -0.4 is 5.32 Å². The first-order valence-corrected chi connectivity index (χ1v) is 8.71. The molecule has 1 heterocycles. The van der Waals surface area contributed by atoms with Crippen LogP contribution in [0.25, 0.3) is 0 Å². The number of nitrogens with zero attached hydrogens (tertiary/aromatic N) is 1. The van der Waals surface area contributed by atoms with Crippen molar-refractivity contribution in [1.82, 2.24) is 10.2 Å². The number of hydrogen-bond acceptors (Lipinski definition) is 3. The Morgan fingerprint density at radius 3 is 2.60 bits per heavy atom. The molecule has 0 aromatic rings. The first-order chi connectivity index (χ1) is 9.67. The largest absolute Gasteiger partial charge is 0.396 e. The molecule has 1 saturated carbocycles. The molecule has 2 atom stereocenters. The van der Waals surface area contributed by atoms with Gasteiger partial charge < -0.3 is 15.3 Å². The third-order valence-corrected chi connectivity index (χ3v) is 5.46. The molecular formula is C17H34N2O. The van der Waals surface area contributed by atoms with Crippen LogP contribution in [0.15, 0.2) is 0 Å². The van der Waals surface area contributed by atoms with Gasteiger partial charge in [-0.15, -0.1) is 0 Å². The summed E-state index contributed by atoms with van der Waals surface area (Å²) < 4.78 is 0. The summed E-state index contributed by atoms with van der Waals surface area (Å²) in [5, 5.41) is 12.9. The Bertz CT molecular complexity index is 276. The minimum atomic E-state index is 0.382. The van der Waals surface area contributed by atoms with E-state index in [-0.39, 0.29) is 0 Å². The summed E-state index contributed by atoms with van der Waals surface area (Å²) in [5.74, 6) is 1.44. The minimum absolute atomic E-state index is 0.382. The molecular weight excluding hydrogens is 248 g/mol. The zero-order valence-electron chi connectivity index (χ0n) is 13.5. The zero-order chi connectivity index (χ0) is 14.4. The van der Waals surface area contributed by atoms with Crippen LogP contribution in [0.4, 0.5) is 0 Å². The highest BCUT2D eigenvalue weighted by atomic mass is 16.3. The van der Waals surface area contributed by atoms with Gasteiger partial charge in [0, 0.05) is 19.7 Å². The van der Waals surface area contributed by atoms with Crippen LogP contribution in [0, 0.1) is 17.3 Å². The second-order valence-corrected chi connectivity index (χ2v) is 7.38. The average Bonchev–Trinajstić information content (AvgIpc) is 2.46. The van der Waals surface area contributed by atoms with Crippen molar-refractivity contribution in [2.24, 2.45) is 17.3 Å². The number of nitrogens with one attached hydrogen (secondary N) is 1. The maximum atomic E-state index is 9.27. The first kappa shape index (κ1) is 16.3. The molecule has 1 aliphatic carbocycles. The molecule has 118 valence electrons. The van der Waals surface area contributed by atoms with Gasteiger partial charge in [-0.25, -0.2) is 0 Å². The van der Waals surface area contributed by atoms with Crippen LogP contribution in [0.5, 0.6) is 0 Å². The van der Waals surface area contributed by atoms with Crippen molar-refractivity contribution in [3.63, 3.8) is 0 Å². The van der Waals surface area contributed by atoms with Crippen molar-refractivity contribution < 1.29 is 5.11 Å². The molecule has 0 spiro atoms. The standard InChI is InChI=1S/C17H34N2O/c1-3-18-13-17(8-4-5-15(2)11-17)14-19-9-6-16(12-20)7-10-19/h15-16,18,20H,3-14H2,1-2H3. The van der Waals surface area contributed by atoms with E-state index in [9.17, 15) is 5.11 Å². The summed E-state index contributed by atoms with van der Waals surface area (Å²) in [4.78, 5) is 2.67. The van der Waals surface area contributed by atoms with Crippen LogP contribution >= 0.6 is 0 Å². The Morgan fingerprint density at radius 1 is 1.25 bits per heavy atom. The second-order valence-electron chi connectivity index (χ2n) is 7.38. The highest BCUT2D eigenvalue weighted by molar-refractivity contribution is 4.90. The molecule has 1 saturated heterocycles. The third kappa shape index (κ3) is 4.44. The molecule has 3 nitrogen and oxygen atoms in total. The van der Waals surface area contributed by atoms with Gasteiger partial charge in [0.05, 0.1) is 0 Å². The molecule has 0 bridgehead atoms. The summed E-state index contributed by atoms with van der Waals surface area (Å²) in [6.45, 7) is 10.9. The summed E-state index contributed by atoms with van der Waals surface area (Å²) in [7, 11) is 0. The van der Waals surface area contributed by atoms with Gasteiger partial charge in [0.15, 0.2) is 0 Å². The lowest BCUT2D eigenvalue weighted by atomic mass is 9.69. The zero-order valence-corrected chi connectivity index (χ0v) is 13.5. The van der Waals surface area contributed by atoms with Gasteiger partial charge in [0.25, 0.3) is 0 Å². The fourth-order valence-corrected chi connectivity index (χ4v) is 4.32. The lowest BCUT2D eigenvalue weighted by Gasteiger charge is -2.45. The third-order valence-electron chi connectivity index (χ3n) is 5.46. The van der Waals surface area contributed by atoms with Gasteiger partial charge in [0.2, 0.25) is 0 Å². The van der Waals surface area contributed by atoms with Gasteiger partial charge in [0.1, 0.15) is 0 Å². The molecule has 2 N–H and O–H groups in total. The van der Waals surface area contributed by atoms with Gasteiger partial charge in [-0.1, -0.05) is 26.7 Å². The van der Waals surface area contributed by atoms with Crippen molar-refractivity contribution in [3.05, 3.63) is 0 Å². The van der Waals surface area contributed by atoms with E-state index in [1.807, 2.05) is 0 Å². The van der Waals surface area contributed by atoms with Gasteiger partial charge in [-0.05, 0) is 62.6 Å². The molecule has 2 fully saturated rings. The Morgan fingerprint density at radius 2 is 2.00 bits per heavy atom. The predicted octanol–water partition coefficient (Wildman–Crippen LogP) is 2.50. The highest BCUT2D eigenvalue weighted by Crippen LogP contribution is 2.40. The van der Waals surface area contributed by atoms with E-state index >= 15 is 0 Å². The van der Waals surface area contributed by atoms with Crippen LogP contribution in [0.1, 0.15) is 52.4 Å². The number of rotatable bonds is 6. The van der Waals surface area contributed by atoms with Crippen molar-refractivity contribution in [1.29, 1.82) is 0 Å². The Hall–Kier alpha value is -0.120. The van der Waals surface area contributed by atoms with Crippen molar-refractivity contribution in [3.8, 4) is 0 Å². The van der Waals surface area contributed by atoms with Gasteiger partial charge in [-0.3, -0.25) is 0 Å². The quantitative estimate of drug-likeness (QED) is 0.786. The first-order valence-electron chi connectivity index (χ1n) is 8.71. The topological polar surface area (TPSA) is 35.5 Å². The number of piperidine rings is 1. The van der Waals surface area contributed by atoms with Crippen LogP contribution in [0.3, 0.4) is 0 Å². The molecule has 0 aromatic heterocycles. The Balaban J connectivity index is 1.90. The SMILES string of the molecule is CCNCC1(CN2CCC(CO)CC2)CCCC(C)C1. The summed E-state index contributed by atoms with van der Waals surface area (Å²) in [5.41, 5.74) is 0.500. The van der Waals surface area contributed by atoms with E-state index in [1.165, 1.54) is 64.7 Å². The Kier molecular flexibility index (Phi) is 6.31. The number of likely N-dealkylation sites (tertiary alicyclic amines) is 1. The van der Waals surface area contributed by atoms with Crippen LogP contribution in [-0.4, -0.2) is 49.3 Å². The lowest BCUT2D eigenvalue weighted by Crippen LogP contribution is -2.48. The summed E-state index contributed by atoms with van der Waals surface area (Å²) in [6, 6.07) is 0. The van der Waals surface area contributed by atoms with Crippen molar-refractivity contribution >= 4 is 0 Å². The smallest absolute Gasteiger partial charge is 0.0460 e. The molecule has 1 aliphatic heterocycles. The van der Waals surface area contributed by atoms with E-state index in [2.05, 4.69) is 24.1 Å².